The number of ketones is 1. The maximum atomic E-state index is 11.8. The van der Waals surface area contributed by atoms with Crippen molar-refractivity contribution in [1.82, 2.24) is 0 Å². The van der Waals surface area contributed by atoms with Crippen molar-refractivity contribution in [3.8, 4) is 0 Å². The summed E-state index contributed by atoms with van der Waals surface area (Å²) in [5.41, 5.74) is -0.837. The highest BCUT2D eigenvalue weighted by molar-refractivity contribution is 6.08. The van der Waals surface area contributed by atoms with Gasteiger partial charge in [-0.25, -0.2) is 0 Å². The van der Waals surface area contributed by atoms with E-state index in [1.807, 2.05) is 6.92 Å². The highest BCUT2D eigenvalue weighted by atomic mass is 16.5. The van der Waals surface area contributed by atoms with Gasteiger partial charge in [0.25, 0.3) is 0 Å². The summed E-state index contributed by atoms with van der Waals surface area (Å²) in [6.45, 7) is 4.17. The third kappa shape index (κ3) is 0.983. The van der Waals surface area contributed by atoms with Gasteiger partial charge in [-0.05, 0) is 31.6 Å². The average Bonchev–Trinajstić information content (AvgIpc) is 2.75. The van der Waals surface area contributed by atoms with Gasteiger partial charge in [0.1, 0.15) is 5.41 Å². The van der Waals surface area contributed by atoms with Gasteiger partial charge < -0.3 is 4.74 Å². The van der Waals surface area contributed by atoms with Crippen molar-refractivity contribution >= 4 is 11.8 Å². The smallest absolute Gasteiger partial charge is 0.320 e. The Bertz CT molecular complexity index is 297. The van der Waals surface area contributed by atoms with Gasteiger partial charge in [-0.1, -0.05) is 6.92 Å². The number of Topliss-reactive ketones (excluding diaryl/α,β-unsaturated/α-hetero) is 1. The fourth-order valence-corrected chi connectivity index (χ4v) is 2.82. The van der Waals surface area contributed by atoms with Crippen LogP contribution in [0.1, 0.15) is 39.5 Å². The van der Waals surface area contributed by atoms with Crippen LogP contribution in [0.15, 0.2) is 0 Å². The molecule has 0 aliphatic heterocycles. The standard InChI is InChI=1S/C11H16O3/c1-3-14-9(13)11-7-10(11,2)6-4-5-8(11)12/h3-7H2,1-2H3. The summed E-state index contributed by atoms with van der Waals surface area (Å²) in [5, 5.41) is 0. The number of esters is 1. The Labute approximate surface area is 83.8 Å². The van der Waals surface area contributed by atoms with Crippen molar-refractivity contribution in [2.45, 2.75) is 39.5 Å². The summed E-state index contributed by atoms with van der Waals surface area (Å²) in [4.78, 5) is 23.5. The number of hydrogen-bond acceptors (Lipinski definition) is 3. The lowest BCUT2D eigenvalue weighted by Crippen LogP contribution is -2.35. The van der Waals surface area contributed by atoms with Crippen molar-refractivity contribution in [2.24, 2.45) is 10.8 Å². The lowest BCUT2D eigenvalue weighted by Gasteiger charge is -2.24. The first-order chi connectivity index (χ1) is 6.57. The molecule has 0 N–H and O–H groups in total. The van der Waals surface area contributed by atoms with Crippen molar-refractivity contribution in [3.63, 3.8) is 0 Å². The number of carbonyl (C=O) groups excluding carboxylic acids is 2. The Balaban J connectivity index is 2.23. The quantitative estimate of drug-likeness (QED) is 0.498. The predicted octanol–water partition coefficient (Wildman–Crippen LogP) is 1.70. The molecule has 0 aromatic rings. The van der Waals surface area contributed by atoms with E-state index in [9.17, 15) is 9.59 Å². The maximum absolute atomic E-state index is 11.8. The highest BCUT2D eigenvalue weighted by Crippen LogP contribution is 2.69. The summed E-state index contributed by atoms with van der Waals surface area (Å²) in [7, 11) is 0. The van der Waals surface area contributed by atoms with E-state index in [1.54, 1.807) is 6.92 Å². The normalized spacial score (nSPS) is 40.3. The van der Waals surface area contributed by atoms with E-state index in [4.69, 9.17) is 4.74 Å². The molecule has 14 heavy (non-hydrogen) atoms. The van der Waals surface area contributed by atoms with E-state index in [2.05, 4.69) is 0 Å². The minimum absolute atomic E-state index is 0.0887. The third-order valence-corrected chi connectivity index (χ3v) is 3.79. The second-order valence-electron chi connectivity index (χ2n) is 4.64. The average molecular weight is 196 g/mol. The van der Waals surface area contributed by atoms with Crippen LogP contribution in [0.5, 0.6) is 0 Å². The van der Waals surface area contributed by atoms with Crippen LogP contribution < -0.4 is 0 Å². The lowest BCUT2D eigenvalue weighted by molar-refractivity contribution is -0.156. The van der Waals surface area contributed by atoms with E-state index in [-0.39, 0.29) is 17.2 Å². The minimum Gasteiger partial charge on any atom is -0.465 e. The number of hydrogen-bond donors (Lipinski definition) is 0. The van der Waals surface area contributed by atoms with E-state index in [0.29, 0.717) is 19.4 Å². The fourth-order valence-electron chi connectivity index (χ4n) is 2.82. The van der Waals surface area contributed by atoms with Gasteiger partial charge in [-0.3, -0.25) is 9.59 Å². The zero-order valence-corrected chi connectivity index (χ0v) is 8.76. The first kappa shape index (κ1) is 9.69. The van der Waals surface area contributed by atoms with Crippen LogP contribution >= 0.6 is 0 Å². The largest absolute Gasteiger partial charge is 0.465 e. The van der Waals surface area contributed by atoms with Crippen LogP contribution in [0.2, 0.25) is 0 Å². The van der Waals surface area contributed by atoms with Gasteiger partial charge in [0, 0.05) is 6.42 Å². The van der Waals surface area contributed by atoms with Crippen LogP contribution in [-0.2, 0) is 14.3 Å². The van der Waals surface area contributed by atoms with E-state index in [1.165, 1.54) is 0 Å². The van der Waals surface area contributed by atoms with E-state index in [0.717, 1.165) is 12.8 Å². The fraction of sp³-hybridized carbons (Fsp3) is 0.818. The monoisotopic (exact) mass is 196 g/mol. The van der Waals surface area contributed by atoms with Crippen LogP contribution in [0, 0.1) is 10.8 Å². The number of rotatable bonds is 2. The van der Waals surface area contributed by atoms with Gasteiger partial charge in [0.15, 0.2) is 5.78 Å². The Morgan fingerprint density at radius 2 is 2.29 bits per heavy atom. The Kier molecular flexibility index (Phi) is 1.95. The number of ether oxygens (including phenoxy) is 1. The van der Waals surface area contributed by atoms with Crippen LogP contribution in [0.25, 0.3) is 0 Å². The van der Waals surface area contributed by atoms with Crippen LogP contribution in [0.4, 0.5) is 0 Å². The van der Waals surface area contributed by atoms with Gasteiger partial charge in [-0.15, -0.1) is 0 Å². The van der Waals surface area contributed by atoms with E-state index < -0.39 is 5.41 Å². The molecule has 2 aliphatic rings. The second-order valence-corrected chi connectivity index (χ2v) is 4.64. The molecule has 3 nitrogen and oxygen atoms in total. The molecule has 2 aliphatic carbocycles. The zero-order chi connectivity index (χ0) is 10.4. The summed E-state index contributed by atoms with van der Waals surface area (Å²) in [6, 6.07) is 0. The summed E-state index contributed by atoms with van der Waals surface area (Å²) < 4.78 is 5.00. The molecule has 0 bridgehead atoms. The Morgan fingerprint density at radius 3 is 2.86 bits per heavy atom. The predicted molar refractivity (Wildman–Crippen MR) is 50.6 cm³/mol. The van der Waals surface area contributed by atoms with Gasteiger partial charge >= 0.3 is 5.97 Å². The molecule has 0 amide bonds. The van der Waals surface area contributed by atoms with Gasteiger partial charge in [-0.2, -0.15) is 0 Å². The molecule has 0 aromatic carbocycles. The summed E-state index contributed by atoms with van der Waals surface area (Å²) >= 11 is 0. The number of carbonyl (C=O) groups is 2. The molecular weight excluding hydrogens is 180 g/mol. The first-order valence-corrected chi connectivity index (χ1v) is 5.27. The van der Waals surface area contributed by atoms with Crippen molar-refractivity contribution < 1.29 is 14.3 Å². The molecule has 0 aromatic heterocycles. The molecule has 0 radical (unpaired) electrons. The Morgan fingerprint density at radius 1 is 1.57 bits per heavy atom. The topological polar surface area (TPSA) is 43.4 Å². The first-order valence-electron chi connectivity index (χ1n) is 5.27. The highest BCUT2D eigenvalue weighted by Gasteiger charge is 2.74. The van der Waals surface area contributed by atoms with Crippen molar-refractivity contribution in [3.05, 3.63) is 0 Å². The molecule has 2 fully saturated rings. The van der Waals surface area contributed by atoms with Gasteiger partial charge in [0.05, 0.1) is 6.61 Å². The molecule has 0 saturated heterocycles. The zero-order valence-electron chi connectivity index (χ0n) is 8.76. The molecule has 78 valence electrons. The molecule has 3 heteroatoms. The summed E-state index contributed by atoms with van der Waals surface area (Å²) in [6.07, 6.45) is 3.17. The van der Waals surface area contributed by atoms with Crippen molar-refractivity contribution in [1.29, 1.82) is 0 Å². The molecule has 2 saturated carbocycles. The molecule has 0 heterocycles. The molecule has 0 spiro atoms. The Hall–Kier alpha value is -0.860. The number of fused-ring (bicyclic) bond motifs is 1. The maximum Gasteiger partial charge on any atom is 0.320 e. The van der Waals surface area contributed by atoms with Crippen LogP contribution in [0.3, 0.4) is 0 Å². The van der Waals surface area contributed by atoms with Crippen molar-refractivity contribution in [2.75, 3.05) is 6.61 Å². The summed E-state index contributed by atoms with van der Waals surface area (Å²) in [5.74, 6) is -0.183. The SMILES string of the molecule is CCOC(=O)C12CC1(C)CCCC2=O. The van der Waals surface area contributed by atoms with E-state index >= 15 is 0 Å². The van der Waals surface area contributed by atoms with Gasteiger partial charge in [0.2, 0.25) is 0 Å². The lowest BCUT2D eigenvalue weighted by atomic mass is 9.79. The van der Waals surface area contributed by atoms with Crippen LogP contribution in [-0.4, -0.2) is 18.4 Å². The molecule has 2 unspecified atom stereocenters. The second kappa shape index (κ2) is 2.81. The minimum atomic E-state index is -0.749. The third-order valence-electron chi connectivity index (χ3n) is 3.79. The molecule has 2 rings (SSSR count). The molecule has 2 atom stereocenters. The molecular formula is C11H16O3.